The summed E-state index contributed by atoms with van der Waals surface area (Å²) in [4.78, 5) is 2.68. The van der Waals surface area contributed by atoms with E-state index in [9.17, 15) is 0 Å². The summed E-state index contributed by atoms with van der Waals surface area (Å²) in [5.74, 6) is 0. The maximum absolute atomic E-state index is 8.13. The molecule has 1 aromatic heterocycles. The molecule has 0 saturated heterocycles. The monoisotopic (exact) mass is 213 g/mol. The van der Waals surface area contributed by atoms with Gasteiger partial charge >= 0.3 is 0 Å². The molecule has 5 nitrogen and oxygen atoms in total. The molecular formula is C11H11N5. The van der Waals surface area contributed by atoms with Gasteiger partial charge in [0.15, 0.2) is 0 Å². The van der Waals surface area contributed by atoms with Gasteiger partial charge in [-0.15, -0.1) is 0 Å². The van der Waals surface area contributed by atoms with Crippen LogP contribution in [0.1, 0.15) is 5.56 Å². The quantitative estimate of drug-likeness (QED) is 0.439. The Balaban J connectivity index is 2.28. The fourth-order valence-electron chi connectivity index (χ4n) is 1.54. The van der Waals surface area contributed by atoms with E-state index in [2.05, 4.69) is 21.2 Å². The molecular weight excluding hydrogens is 202 g/mol. The van der Waals surface area contributed by atoms with Gasteiger partial charge in [-0.25, -0.2) is 0 Å². The van der Waals surface area contributed by atoms with Gasteiger partial charge in [0.2, 0.25) is 0 Å². The third-order valence-corrected chi connectivity index (χ3v) is 2.33. The fourth-order valence-corrected chi connectivity index (χ4v) is 1.54. The van der Waals surface area contributed by atoms with E-state index in [0.29, 0.717) is 6.54 Å². The van der Waals surface area contributed by atoms with Crippen molar-refractivity contribution in [3.63, 3.8) is 0 Å². The molecule has 1 aromatic carbocycles. The maximum Gasteiger partial charge on any atom is 0.0685 e. The Bertz CT molecular complexity index is 575. The largest absolute Gasteiger partial charge is 0.268 e. The summed E-state index contributed by atoms with van der Waals surface area (Å²) in [7, 11) is 1.91. The molecule has 0 amide bonds. The van der Waals surface area contributed by atoms with E-state index in [1.54, 1.807) is 0 Å². The first kappa shape index (κ1) is 10.3. The Morgan fingerprint density at radius 1 is 1.56 bits per heavy atom. The van der Waals surface area contributed by atoms with Gasteiger partial charge in [0, 0.05) is 23.9 Å². The van der Waals surface area contributed by atoms with Crippen molar-refractivity contribution in [2.75, 3.05) is 6.54 Å². The molecule has 0 bridgehead atoms. The topological polar surface area (TPSA) is 66.6 Å². The van der Waals surface area contributed by atoms with Gasteiger partial charge in [0.05, 0.1) is 11.7 Å². The standard InChI is InChI=1S/C11H11N5/c1-16-11-7-9(3-2-6-13-15-12)4-5-10(11)8-14-16/h2-5,7-8H,6H2,1H3. The number of rotatable bonds is 3. The third-order valence-electron chi connectivity index (χ3n) is 2.33. The fraction of sp³-hybridized carbons (Fsp3) is 0.182. The highest BCUT2D eigenvalue weighted by Gasteiger charge is 1.98. The second-order valence-corrected chi connectivity index (χ2v) is 3.40. The summed E-state index contributed by atoms with van der Waals surface area (Å²) < 4.78 is 1.83. The van der Waals surface area contributed by atoms with Gasteiger partial charge < -0.3 is 0 Å². The molecule has 80 valence electrons. The van der Waals surface area contributed by atoms with Crippen molar-refractivity contribution in [2.24, 2.45) is 12.2 Å². The van der Waals surface area contributed by atoms with Crippen molar-refractivity contribution in [1.82, 2.24) is 9.78 Å². The van der Waals surface area contributed by atoms with Crippen molar-refractivity contribution in [1.29, 1.82) is 0 Å². The number of aryl methyl sites for hydroxylation is 1. The molecule has 16 heavy (non-hydrogen) atoms. The van der Waals surface area contributed by atoms with Gasteiger partial charge in [0.1, 0.15) is 0 Å². The zero-order chi connectivity index (χ0) is 11.4. The highest BCUT2D eigenvalue weighted by atomic mass is 15.2. The minimum atomic E-state index is 0.375. The Hall–Kier alpha value is -2.26. The lowest BCUT2D eigenvalue weighted by atomic mass is 10.1. The molecule has 0 aliphatic rings. The number of azide groups is 1. The second kappa shape index (κ2) is 4.51. The van der Waals surface area contributed by atoms with Crippen LogP contribution in [0.25, 0.3) is 27.4 Å². The van der Waals surface area contributed by atoms with Crippen molar-refractivity contribution in [3.05, 3.63) is 46.5 Å². The summed E-state index contributed by atoms with van der Waals surface area (Å²) in [5.41, 5.74) is 10.3. The Labute approximate surface area is 92.6 Å². The number of fused-ring (bicyclic) bond motifs is 1. The summed E-state index contributed by atoms with van der Waals surface area (Å²) in [6.45, 7) is 0.375. The lowest BCUT2D eigenvalue weighted by Gasteiger charge is -1.96. The number of hydrogen-bond donors (Lipinski definition) is 0. The third kappa shape index (κ3) is 2.04. The van der Waals surface area contributed by atoms with Crippen LogP contribution in [0.3, 0.4) is 0 Å². The molecule has 0 N–H and O–H groups in total. The average molecular weight is 213 g/mol. The second-order valence-electron chi connectivity index (χ2n) is 3.40. The minimum Gasteiger partial charge on any atom is -0.268 e. The molecule has 0 saturated carbocycles. The van der Waals surface area contributed by atoms with Crippen LogP contribution in [0.2, 0.25) is 0 Å². The zero-order valence-corrected chi connectivity index (χ0v) is 8.91. The lowest BCUT2D eigenvalue weighted by Crippen LogP contribution is -1.88. The number of hydrogen-bond acceptors (Lipinski definition) is 2. The van der Waals surface area contributed by atoms with Crippen LogP contribution in [0.15, 0.2) is 35.6 Å². The lowest BCUT2D eigenvalue weighted by molar-refractivity contribution is 0.797. The molecule has 0 aliphatic carbocycles. The normalized spacial score (nSPS) is 10.8. The van der Waals surface area contributed by atoms with Crippen molar-refractivity contribution >= 4 is 17.0 Å². The van der Waals surface area contributed by atoms with E-state index in [1.807, 2.05) is 42.2 Å². The van der Waals surface area contributed by atoms with Crippen molar-refractivity contribution in [3.8, 4) is 0 Å². The molecule has 0 aliphatic heterocycles. The van der Waals surface area contributed by atoms with Crippen LogP contribution in [0.5, 0.6) is 0 Å². The predicted octanol–water partition coefficient (Wildman–Crippen LogP) is 2.90. The van der Waals surface area contributed by atoms with Gasteiger partial charge in [-0.2, -0.15) is 5.10 Å². The number of aromatic nitrogens is 2. The van der Waals surface area contributed by atoms with Gasteiger partial charge in [-0.1, -0.05) is 29.4 Å². The molecule has 0 fully saturated rings. The van der Waals surface area contributed by atoms with Crippen molar-refractivity contribution < 1.29 is 0 Å². The molecule has 1 heterocycles. The highest BCUT2D eigenvalue weighted by molar-refractivity contribution is 5.81. The van der Waals surface area contributed by atoms with Crippen LogP contribution < -0.4 is 0 Å². The van der Waals surface area contributed by atoms with Crippen molar-refractivity contribution in [2.45, 2.75) is 0 Å². The van der Waals surface area contributed by atoms with Gasteiger partial charge in [-0.3, -0.25) is 4.68 Å². The SMILES string of the molecule is Cn1ncc2ccc(C=CCN=[N+]=[N-])cc21. The Kier molecular flexibility index (Phi) is 2.89. The average Bonchev–Trinajstić information content (AvgIpc) is 2.67. The van der Waals surface area contributed by atoms with E-state index >= 15 is 0 Å². The van der Waals surface area contributed by atoms with Crippen LogP contribution in [0.4, 0.5) is 0 Å². The molecule has 2 aromatic rings. The summed E-state index contributed by atoms with van der Waals surface area (Å²) in [6.07, 6.45) is 5.60. The molecule has 0 unspecified atom stereocenters. The smallest absolute Gasteiger partial charge is 0.0685 e. The van der Waals surface area contributed by atoms with Crippen LogP contribution in [-0.4, -0.2) is 16.3 Å². The summed E-state index contributed by atoms with van der Waals surface area (Å²) in [6, 6.07) is 6.08. The maximum atomic E-state index is 8.13. The molecule has 0 spiro atoms. The summed E-state index contributed by atoms with van der Waals surface area (Å²) >= 11 is 0. The Morgan fingerprint density at radius 3 is 3.25 bits per heavy atom. The zero-order valence-electron chi connectivity index (χ0n) is 8.91. The van der Waals surface area contributed by atoms with Crippen LogP contribution >= 0.6 is 0 Å². The van der Waals surface area contributed by atoms with Gasteiger partial charge in [-0.05, 0) is 17.2 Å². The summed E-state index contributed by atoms with van der Waals surface area (Å²) in [5, 5.41) is 8.73. The molecule has 0 atom stereocenters. The molecule has 5 heteroatoms. The number of nitrogens with zero attached hydrogens (tertiary/aromatic N) is 5. The van der Waals surface area contributed by atoms with Crippen LogP contribution in [0, 0.1) is 0 Å². The van der Waals surface area contributed by atoms with E-state index in [1.165, 1.54) is 0 Å². The highest BCUT2D eigenvalue weighted by Crippen LogP contribution is 2.15. The van der Waals surface area contributed by atoms with E-state index in [-0.39, 0.29) is 0 Å². The van der Waals surface area contributed by atoms with E-state index < -0.39 is 0 Å². The van der Waals surface area contributed by atoms with E-state index in [4.69, 9.17) is 5.53 Å². The predicted molar refractivity (Wildman–Crippen MR) is 63.8 cm³/mol. The minimum absolute atomic E-state index is 0.375. The first-order valence-electron chi connectivity index (χ1n) is 4.90. The van der Waals surface area contributed by atoms with Gasteiger partial charge in [0.25, 0.3) is 0 Å². The first-order valence-corrected chi connectivity index (χ1v) is 4.90. The molecule has 2 rings (SSSR count). The van der Waals surface area contributed by atoms with Crippen LogP contribution in [-0.2, 0) is 7.05 Å². The van der Waals surface area contributed by atoms with E-state index in [0.717, 1.165) is 16.5 Å². The first-order chi connectivity index (χ1) is 7.81. The molecule has 0 radical (unpaired) electrons. The Morgan fingerprint density at radius 2 is 2.44 bits per heavy atom. The number of benzene rings is 1.